The van der Waals surface area contributed by atoms with E-state index in [2.05, 4.69) is 28.2 Å². The molecule has 1 atom stereocenters. The average Bonchev–Trinajstić information content (AvgIpc) is 3.39. The molecule has 0 unspecified atom stereocenters. The van der Waals surface area contributed by atoms with Crippen molar-refractivity contribution in [2.45, 2.75) is 44.7 Å². The van der Waals surface area contributed by atoms with Crippen LogP contribution in [0.1, 0.15) is 52.6 Å². The number of amides is 2. The standard InChI is InChI=1S/C25H28ClN3O2S/c1-31-15-5-13-27-25(30)29-16-20-19-6-2-3-8-22(19)32-24(20)28-14-4-7-21(28)23(29)17-9-11-18(26)12-10-17/h4,7,9-12,14,23H,2-3,5-6,8,13,15-16H2,1H3,(H,27,30)/t23-/m0/s1. The second-order valence-electron chi connectivity index (χ2n) is 8.46. The zero-order valence-corrected chi connectivity index (χ0v) is 19.8. The zero-order valence-electron chi connectivity index (χ0n) is 18.3. The quantitative estimate of drug-likeness (QED) is 0.485. The number of nitrogens with one attached hydrogen (secondary N) is 1. The normalized spacial score (nSPS) is 17.3. The first-order valence-corrected chi connectivity index (χ1v) is 12.5. The van der Waals surface area contributed by atoms with Crippen molar-refractivity contribution in [1.82, 2.24) is 14.8 Å². The van der Waals surface area contributed by atoms with E-state index in [0.29, 0.717) is 24.7 Å². The van der Waals surface area contributed by atoms with E-state index >= 15 is 0 Å². The van der Waals surface area contributed by atoms with Crippen molar-refractivity contribution in [3.05, 3.63) is 74.9 Å². The van der Waals surface area contributed by atoms with Gasteiger partial charge < -0.3 is 19.5 Å². The number of methoxy groups -OCH3 is 1. The number of carbonyl (C=O) groups is 1. The highest BCUT2D eigenvalue weighted by atomic mass is 35.5. The number of thiophene rings is 1. The van der Waals surface area contributed by atoms with Crippen LogP contribution in [-0.2, 0) is 24.1 Å². The van der Waals surface area contributed by atoms with Gasteiger partial charge in [-0.05, 0) is 67.5 Å². The molecule has 5 rings (SSSR count). The molecule has 0 saturated heterocycles. The Kier molecular flexibility index (Phi) is 6.26. The number of hydrogen-bond donors (Lipinski definition) is 1. The molecule has 1 N–H and O–H groups in total. The van der Waals surface area contributed by atoms with Gasteiger partial charge in [-0.2, -0.15) is 0 Å². The first-order chi connectivity index (χ1) is 15.7. The first-order valence-electron chi connectivity index (χ1n) is 11.3. The molecule has 0 radical (unpaired) electrons. The molecule has 0 spiro atoms. The number of carbonyl (C=O) groups excluding carboxylic acids is 1. The molecule has 32 heavy (non-hydrogen) atoms. The van der Waals surface area contributed by atoms with Gasteiger partial charge in [0.2, 0.25) is 0 Å². The number of urea groups is 1. The molecule has 3 aromatic rings. The van der Waals surface area contributed by atoms with Crippen LogP contribution in [0.3, 0.4) is 0 Å². The smallest absolute Gasteiger partial charge is 0.318 e. The summed E-state index contributed by atoms with van der Waals surface area (Å²) in [6, 6.07) is 11.9. The van der Waals surface area contributed by atoms with Crippen molar-refractivity contribution >= 4 is 29.0 Å². The minimum Gasteiger partial charge on any atom is -0.385 e. The van der Waals surface area contributed by atoms with Gasteiger partial charge >= 0.3 is 6.03 Å². The van der Waals surface area contributed by atoms with Crippen LogP contribution < -0.4 is 5.32 Å². The van der Waals surface area contributed by atoms with Crippen molar-refractivity contribution in [2.75, 3.05) is 20.3 Å². The summed E-state index contributed by atoms with van der Waals surface area (Å²) in [5.74, 6) is 0. The zero-order chi connectivity index (χ0) is 22.1. The van der Waals surface area contributed by atoms with Gasteiger partial charge in [0.05, 0.1) is 18.3 Å². The molecule has 3 heterocycles. The second kappa shape index (κ2) is 9.30. The summed E-state index contributed by atoms with van der Waals surface area (Å²) in [4.78, 5) is 17.0. The van der Waals surface area contributed by atoms with E-state index in [-0.39, 0.29) is 12.1 Å². The predicted molar refractivity (Wildman–Crippen MR) is 129 cm³/mol. The first kappa shape index (κ1) is 21.6. The Balaban J connectivity index is 1.59. The Hall–Kier alpha value is -2.28. The highest BCUT2D eigenvalue weighted by Crippen LogP contribution is 2.44. The lowest BCUT2D eigenvalue weighted by molar-refractivity contribution is 0.174. The molecular weight excluding hydrogens is 442 g/mol. The van der Waals surface area contributed by atoms with E-state index in [1.165, 1.54) is 33.8 Å². The van der Waals surface area contributed by atoms with E-state index in [0.717, 1.165) is 30.5 Å². The van der Waals surface area contributed by atoms with Gasteiger partial charge in [0.25, 0.3) is 0 Å². The summed E-state index contributed by atoms with van der Waals surface area (Å²) in [5.41, 5.74) is 4.94. The summed E-state index contributed by atoms with van der Waals surface area (Å²) in [5, 5.41) is 5.09. The molecule has 7 heteroatoms. The maximum absolute atomic E-state index is 13.5. The van der Waals surface area contributed by atoms with Crippen molar-refractivity contribution < 1.29 is 9.53 Å². The van der Waals surface area contributed by atoms with E-state index in [9.17, 15) is 4.79 Å². The molecular formula is C25H28ClN3O2S. The molecule has 1 aliphatic heterocycles. The summed E-state index contributed by atoms with van der Waals surface area (Å²) in [7, 11) is 1.68. The largest absolute Gasteiger partial charge is 0.385 e. The fourth-order valence-electron chi connectivity index (χ4n) is 4.90. The fourth-order valence-corrected chi connectivity index (χ4v) is 6.43. The maximum atomic E-state index is 13.5. The number of aromatic nitrogens is 1. The summed E-state index contributed by atoms with van der Waals surface area (Å²) >= 11 is 8.09. The van der Waals surface area contributed by atoms with Crippen molar-refractivity contribution in [2.24, 2.45) is 0 Å². The summed E-state index contributed by atoms with van der Waals surface area (Å²) in [6.45, 7) is 1.82. The SMILES string of the molecule is COCCCNC(=O)N1Cc2c(sc3c2CCCC3)-n2cccc2[C@@H]1c1ccc(Cl)cc1. The lowest BCUT2D eigenvalue weighted by atomic mass is 9.95. The van der Waals surface area contributed by atoms with Gasteiger partial charge in [-0.1, -0.05) is 23.7 Å². The number of fused-ring (bicyclic) bond motifs is 5. The van der Waals surface area contributed by atoms with Crippen LogP contribution in [0, 0.1) is 0 Å². The van der Waals surface area contributed by atoms with Crippen molar-refractivity contribution in [3.8, 4) is 5.00 Å². The van der Waals surface area contributed by atoms with Crippen LogP contribution in [0.25, 0.3) is 5.00 Å². The minimum atomic E-state index is -0.191. The lowest BCUT2D eigenvalue weighted by Crippen LogP contribution is -2.42. The van der Waals surface area contributed by atoms with E-state index < -0.39 is 0 Å². The molecule has 2 aliphatic rings. The van der Waals surface area contributed by atoms with Gasteiger partial charge in [0, 0.05) is 41.9 Å². The van der Waals surface area contributed by atoms with E-state index in [4.69, 9.17) is 16.3 Å². The van der Waals surface area contributed by atoms with Gasteiger partial charge in [-0.25, -0.2) is 4.79 Å². The van der Waals surface area contributed by atoms with Gasteiger partial charge in [0.1, 0.15) is 5.00 Å². The molecule has 0 bridgehead atoms. The van der Waals surface area contributed by atoms with Crippen LogP contribution in [0.2, 0.25) is 5.02 Å². The van der Waals surface area contributed by atoms with Gasteiger partial charge in [-0.3, -0.25) is 0 Å². The number of hydrogen-bond acceptors (Lipinski definition) is 3. The summed E-state index contributed by atoms with van der Waals surface area (Å²) < 4.78 is 7.45. The van der Waals surface area contributed by atoms with E-state index in [1.807, 2.05) is 40.5 Å². The van der Waals surface area contributed by atoms with Crippen molar-refractivity contribution in [1.29, 1.82) is 0 Å². The lowest BCUT2D eigenvalue weighted by Gasteiger charge is -2.31. The highest BCUT2D eigenvalue weighted by Gasteiger charge is 2.35. The van der Waals surface area contributed by atoms with Gasteiger partial charge in [-0.15, -0.1) is 11.3 Å². The third kappa shape index (κ3) is 3.96. The minimum absolute atomic E-state index is 0.0441. The number of halogens is 1. The average molecular weight is 470 g/mol. The number of benzene rings is 1. The van der Waals surface area contributed by atoms with Gasteiger partial charge in [0.15, 0.2) is 0 Å². The number of ether oxygens (including phenoxy) is 1. The molecule has 2 aromatic heterocycles. The molecule has 168 valence electrons. The third-order valence-corrected chi connectivity index (χ3v) is 8.01. The Bertz CT molecular complexity index is 1110. The molecule has 2 amide bonds. The second-order valence-corrected chi connectivity index (χ2v) is 9.98. The predicted octanol–water partition coefficient (Wildman–Crippen LogP) is 5.72. The fraction of sp³-hybridized carbons (Fsp3) is 0.400. The molecule has 1 aromatic carbocycles. The Labute approximate surface area is 197 Å². The number of rotatable bonds is 5. The summed E-state index contributed by atoms with van der Waals surface area (Å²) in [6.07, 6.45) is 7.65. The Morgan fingerprint density at radius 3 is 2.81 bits per heavy atom. The third-order valence-electron chi connectivity index (χ3n) is 6.43. The van der Waals surface area contributed by atoms with E-state index in [1.54, 1.807) is 7.11 Å². The van der Waals surface area contributed by atoms with Crippen LogP contribution in [0.5, 0.6) is 0 Å². The monoisotopic (exact) mass is 469 g/mol. The van der Waals surface area contributed by atoms with Crippen molar-refractivity contribution in [3.63, 3.8) is 0 Å². The topological polar surface area (TPSA) is 46.5 Å². The Morgan fingerprint density at radius 1 is 1.19 bits per heavy atom. The van der Waals surface area contributed by atoms with Crippen LogP contribution >= 0.6 is 22.9 Å². The Morgan fingerprint density at radius 2 is 2.00 bits per heavy atom. The number of nitrogens with zero attached hydrogens (tertiary/aromatic N) is 2. The van der Waals surface area contributed by atoms with Crippen LogP contribution in [0.4, 0.5) is 4.79 Å². The maximum Gasteiger partial charge on any atom is 0.318 e. The van der Waals surface area contributed by atoms with Crippen LogP contribution in [-0.4, -0.2) is 35.8 Å². The molecule has 0 fully saturated rings. The molecule has 0 saturated carbocycles. The van der Waals surface area contributed by atoms with Crippen LogP contribution in [0.15, 0.2) is 42.6 Å². The molecule has 5 nitrogen and oxygen atoms in total. The molecule has 1 aliphatic carbocycles. The highest BCUT2D eigenvalue weighted by molar-refractivity contribution is 7.15. The number of aryl methyl sites for hydroxylation is 1.